The van der Waals surface area contributed by atoms with Crippen LogP contribution < -0.4 is 5.32 Å². The molecule has 0 atom stereocenters. The Labute approximate surface area is 152 Å². The van der Waals surface area contributed by atoms with Gasteiger partial charge in [-0.05, 0) is 36.4 Å². The molecular formula is C19H12FN3O2S. The lowest BCUT2D eigenvalue weighted by atomic mass is 10.2. The van der Waals surface area contributed by atoms with Gasteiger partial charge in [-0.2, -0.15) is 0 Å². The maximum Gasteiger partial charge on any atom is 0.265 e. The van der Waals surface area contributed by atoms with Crippen LogP contribution in [0.15, 0.2) is 71.5 Å². The van der Waals surface area contributed by atoms with Crippen molar-refractivity contribution in [3.8, 4) is 21.9 Å². The van der Waals surface area contributed by atoms with E-state index in [1.807, 2.05) is 6.07 Å². The summed E-state index contributed by atoms with van der Waals surface area (Å²) in [6.45, 7) is 0. The van der Waals surface area contributed by atoms with Crippen molar-refractivity contribution in [3.05, 3.63) is 77.8 Å². The van der Waals surface area contributed by atoms with Crippen molar-refractivity contribution in [3.63, 3.8) is 0 Å². The van der Waals surface area contributed by atoms with Crippen LogP contribution >= 0.6 is 11.3 Å². The fourth-order valence-electron chi connectivity index (χ4n) is 2.49. The first kappa shape index (κ1) is 16.2. The summed E-state index contributed by atoms with van der Waals surface area (Å²) >= 11 is 1.24. The van der Waals surface area contributed by atoms with Gasteiger partial charge in [-0.15, -0.1) is 21.5 Å². The Balaban J connectivity index is 1.54. The molecule has 0 saturated carbocycles. The molecule has 4 rings (SSSR count). The number of thiophene rings is 1. The highest BCUT2D eigenvalue weighted by atomic mass is 32.1. The van der Waals surface area contributed by atoms with Gasteiger partial charge in [0, 0.05) is 21.7 Å². The molecule has 0 unspecified atom stereocenters. The molecule has 0 aliphatic carbocycles. The van der Waals surface area contributed by atoms with E-state index in [1.54, 1.807) is 48.5 Å². The van der Waals surface area contributed by atoms with Crippen LogP contribution in [0.5, 0.6) is 0 Å². The largest absolute Gasteiger partial charge is 0.423 e. The van der Waals surface area contributed by atoms with Crippen molar-refractivity contribution in [2.45, 2.75) is 0 Å². The minimum Gasteiger partial charge on any atom is -0.423 e. The Kier molecular flexibility index (Phi) is 4.28. The van der Waals surface area contributed by atoms with Crippen molar-refractivity contribution in [1.82, 2.24) is 10.2 Å². The second-order valence-corrected chi connectivity index (χ2v) is 6.51. The van der Waals surface area contributed by atoms with E-state index in [1.165, 1.54) is 23.8 Å². The average molecular weight is 365 g/mol. The number of hydrogen-bond donors (Lipinski definition) is 1. The summed E-state index contributed by atoms with van der Waals surface area (Å²) in [6, 6.07) is 17.0. The topological polar surface area (TPSA) is 68.0 Å². The molecule has 2 aromatic heterocycles. The SMILES string of the molecule is O=C(Nc1cccc(-c2nnco2)c1)c1ccc(-c2ccccc2F)s1. The molecule has 1 amide bonds. The molecule has 5 nitrogen and oxygen atoms in total. The molecule has 4 aromatic rings. The maximum atomic E-state index is 13.9. The lowest BCUT2D eigenvalue weighted by molar-refractivity contribution is 0.103. The van der Waals surface area contributed by atoms with Crippen LogP contribution in [0.3, 0.4) is 0 Å². The van der Waals surface area contributed by atoms with Gasteiger partial charge in [0.05, 0.1) is 4.88 Å². The molecule has 7 heteroatoms. The number of rotatable bonds is 4. The van der Waals surface area contributed by atoms with Gasteiger partial charge in [0.15, 0.2) is 0 Å². The second-order valence-electron chi connectivity index (χ2n) is 5.42. The number of amides is 1. The Bertz CT molecular complexity index is 1060. The van der Waals surface area contributed by atoms with Gasteiger partial charge in [-0.25, -0.2) is 4.39 Å². The third kappa shape index (κ3) is 3.25. The van der Waals surface area contributed by atoms with E-state index in [0.717, 1.165) is 0 Å². The van der Waals surface area contributed by atoms with Crippen molar-refractivity contribution in [1.29, 1.82) is 0 Å². The molecule has 1 N–H and O–H groups in total. The van der Waals surface area contributed by atoms with Gasteiger partial charge < -0.3 is 9.73 Å². The second kappa shape index (κ2) is 6.89. The van der Waals surface area contributed by atoms with Crippen LogP contribution in [0, 0.1) is 5.82 Å². The summed E-state index contributed by atoms with van der Waals surface area (Å²) in [6.07, 6.45) is 1.25. The zero-order chi connectivity index (χ0) is 17.9. The summed E-state index contributed by atoms with van der Waals surface area (Å²) in [7, 11) is 0. The first-order chi connectivity index (χ1) is 12.7. The Morgan fingerprint density at radius 3 is 2.77 bits per heavy atom. The summed E-state index contributed by atoms with van der Waals surface area (Å²) in [5, 5.41) is 10.3. The highest BCUT2D eigenvalue weighted by Gasteiger charge is 2.13. The van der Waals surface area contributed by atoms with Crippen LogP contribution in [0.4, 0.5) is 10.1 Å². The lowest BCUT2D eigenvalue weighted by Gasteiger charge is -2.04. The number of carbonyl (C=O) groups is 1. The van der Waals surface area contributed by atoms with Gasteiger partial charge >= 0.3 is 0 Å². The van der Waals surface area contributed by atoms with Crippen molar-refractivity contribution in [2.75, 3.05) is 5.32 Å². The Morgan fingerprint density at radius 1 is 1.08 bits per heavy atom. The molecule has 0 fully saturated rings. The van der Waals surface area contributed by atoms with Crippen LogP contribution in [0.1, 0.15) is 9.67 Å². The van der Waals surface area contributed by atoms with E-state index in [-0.39, 0.29) is 11.7 Å². The normalized spacial score (nSPS) is 10.7. The number of nitrogens with zero attached hydrogens (tertiary/aromatic N) is 2. The predicted octanol–water partition coefficient (Wildman–Crippen LogP) is 4.86. The van der Waals surface area contributed by atoms with E-state index in [2.05, 4.69) is 15.5 Å². The van der Waals surface area contributed by atoms with Gasteiger partial charge in [0.25, 0.3) is 5.91 Å². The third-order valence-electron chi connectivity index (χ3n) is 3.70. The van der Waals surface area contributed by atoms with Crippen LogP contribution in [-0.4, -0.2) is 16.1 Å². The molecule has 2 aromatic carbocycles. The van der Waals surface area contributed by atoms with E-state index in [9.17, 15) is 9.18 Å². The standard InChI is InChI=1S/C19H12FN3O2S/c20-15-7-2-1-6-14(15)16-8-9-17(26-16)18(24)22-13-5-3-4-12(10-13)19-23-21-11-25-19/h1-11H,(H,22,24). The molecule has 2 heterocycles. The molecule has 0 bridgehead atoms. The summed E-state index contributed by atoms with van der Waals surface area (Å²) in [4.78, 5) is 13.7. The molecular weight excluding hydrogens is 353 g/mol. The smallest absolute Gasteiger partial charge is 0.265 e. The highest BCUT2D eigenvalue weighted by molar-refractivity contribution is 7.17. The fraction of sp³-hybridized carbons (Fsp3) is 0. The first-order valence-corrected chi connectivity index (χ1v) is 8.55. The van der Waals surface area contributed by atoms with Crippen molar-refractivity contribution < 1.29 is 13.6 Å². The van der Waals surface area contributed by atoms with Crippen molar-refractivity contribution >= 4 is 22.9 Å². The summed E-state index contributed by atoms with van der Waals surface area (Å²) in [5.74, 6) is -0.201. The van der Waals surface area contributed by atoms with Gasteiger partial charge in [0.1, 0.15) is 5.82 Å². The minimum atomic E-state index is -0.312. The monoisotopic (exact) mass is 365 g/mol. The molecule has 0 spiro atoms. The molecule has 128 valence electrons. The summed E-state index contributed by atoms with van der Waals surface area (Å²) < 4.78 is 19.1. The minimum absolute atomic E-state index is 0.264. The Morgan fingerprint density at radius 2 is 1.96 bits per heavy atom. The van der Waals surface area contributed by atoms with E-state index < -0.39 is 0 Å². The molecule has 26 heavy (non-hydrogen) atoms. The molecule has 0 saturated heterocycles. The fourth-order valence-corrected chi connectivity index (χ4v) is 3.42. The van der Waals surface area contributed by atoms with Crippen LogP contribution in [0.2, 0.25) is 0 Å². The van der Waals surface area contributed by atoms with Gasteiger partial charge in [0.2, 0.25) is 12.3 Å². The third-order valence-corrected chi connectivity index (χ3v) is 4.81. The summed E-state index contributed by atoms with van der Waals surface area (Å²) in [5.41, 5.74) is 1.79. The zero-order valence-electron chi connectivity index (χ0n) is 13.3. The van der Waals surface area contributed by atoms with E-state index >= 15 is 0 Å². The van der Waals surface area contributed by atoms with E-state index in [0.29, 0.717) is 32.5 Å². The first-order valence-electron chi connectivity index (χ1n) is 7.73. The lowest BCUT2D eigenvalue weighted by Crippen LogP contribution is -2.09. The average Bonchev–Trinajstić information content (AvgIpc) is 3.35. The molecule has 0 radical (unpaired) electrons. The van der Waals surface area contributed by atoms with Gasteiger partial charge in [-0.3, -0.25) is 4.79 Å². The van der Waals surface area contributed by atoms with E-state index in [4.69, 9.17) is 4.42 Å². The number of hydrogen-bond acceptors (Lipinski definition) is 5. The number of benzene rings is 2. The Hall–Kier alpha value is -3.32. The number of nitrogens with one attached hydrogen (secondary N) is 1. The van der Waals surface area contributed by atoms with Gasteiger partial charge in [-0.1, -0.05) is 24.3 Å². The zero-order valence-corrected chi connectivity index (χ0v) is 14.2. The highest BCUT2D eigenvalue weighted by Crippen LogP contribution is 2.30. The van der Waals surface area contributed by atoms with Crippen molar-refractivity contribution in [2.24, 2.45) is 0 Å². The quantitative estimate of drug-likeness (QED) is 0.561. The number of anilines is 1. The number of aromatic nitrogens is 2. The molecule has 0 aliphatic heterocycles. The van der Waals surface area contributed by atoms with Crippen LogP contribution in [-0.2, 0) is 0 Å². The van der Waals surface area contributed by atoms with Crippen LogP contribution in [0.25, 0.3) is 21.9 Å². The number of carbonyl (C=O) groups excluding carboxylic acids is 1. The molecule has 0 aliphatic rings. The number of halogens is 1. The maximum absolute atomic E-state index is 13.9. The predicted molar refractivity (Wildman–Crippen MR) is 97.4 cm³/mol.